The highest BCUT2D eigenvalue weighted by Gasteiger charge is 2.28. The van der Waals surface area contributed by atoms with E-state index in [-0.39, 0.29) is 29.6 Å². The number of carbonyl (C=O) groups excluding carboxylic acids is 3. The molecule has 1 aromatic rings. The van der Waals surface area contributed by atoms with Crippen molar-refractivity contribution in [2.45, 2.75) is 50.4 Å². The van der Waals surface area contributed by atoms with E-state index in [4.69, 9.17) is 11.6 Å². The van der Waals surface area contributed by atoms with Gasteiger partial charge in [-0.15, -0.1) is 0 Å². The summed E-state index contributed by atoms with van der Waals surface area (Å²) in [5.74, 6) is 0.373. The van der Waals surface area contributed by atoms with Crippen molar-refractivity contribution in [1.29, 1.82) is 0 Å². The highest BCUT2D eigenvalue weighted by molar-refractivity contribution is 7.99. The van der Waals surface area contributed by atoms with Crippen LogP contribution in [0.5, 0.6) is 0 Å². The molecule has 0 spiro atoms. The van der Waals surface area contributed by atoms with Gasteiger partial charge in [-0.3, -0.25) is 9.59 Å². The number of amides is 4. The molecule has 1 aromatic heterocycles. The highest BCUT2D eigenvalue weighted by atomic mass is 35.5. The van der Waals surface area contributed by atoms with Crippen LogP contribution >= 0.6 is 23.4 Å². The predicted octanol–water partition coefficient (Wildman–Crippen LogP) is 1.25. The molecule has 0 aliphatic carbocycles. The van der Waals surface area contributed by atoms with E-state index in [0.717, 1.165) is 12.8 Å². The number of rotatable bonds is 6. The van der Waals surface area contributed by atoms with Crippen molar-refractivity contribution in [2.75, 3.05) is 43.4 Å². The average Bonchev–Trinajstić information content (AvgIpc) is 2.96. The van der Waals surface area contributed by atoms with E-state index in [1.165, 1.54) is 11.8 Å². The van der Waals surface area contributed by atoms with E-state index < -0.39 is 6.04 Å². The van der Waals surface area contributed by atoms with Crippen molar-refractivity contribution in [3.05, 3.63) is 11.2 Å². The first-order valence-electron chi connectivity index (χ1n) is 10.9. The highest BCUT2D eigenvalue weighted by Crippen LogP contribution is 2.24. The Labute approximate surface area is 197 Å². The van der Waals surface area contributed by atoms with Gasteiger partial charge >= 0.3 is 6.03 Å². The Morgan fingerprint density at radius 3 is 2.88 bits per heavy atom. The fraction of sp³-hybridized carbons (Fsp3) is 0.650. The van der Waals surface area contributed by atoms with Crippen LogP contribution < -0.4 is 20.9 Å². The normalized spacial score (nSPS) is 21.5. The summed E-state index contributed by atoms with van der Waals surface area (Å²) >= 11 is 7.39. The molecule has 4 amide bonds. The van der Waals surface area contributed by atoms with Gasteiger partial charge in [0, 0.05) is 44.8 Å². The van der Waals surface area contributed by atoms with Gasteiger partial charge in [0.25, 0.3) is 0 Å². The number of nitrogens with one attached hydrogen (secondary N) is 3. The van der Waals surface area contributed by atoms with Crippen LogP contribution in [0, 0.1) is 0 Å². The molecule has 0 bridgehead atoms. The molecule has 2 saturated heterocycles. The minimum absolute atomic E-state index is 0.0108. The van der Waals surface area contributed by atoms with Gasteiger partial charge in [-0.25, -0.2) is 14.8 Å². The Bertz CT molecular complexity index is 843. The fourth-order valence-electron chi connectivity index (χ4n) is 3.78. The largest absolute Gasteiger partial charge is 0.354 e. The first-order chi connectivity index (χ1) is 15.4. The first kappa shape index (κ1) is 24.4. The SMILES string of the molecule is CCNC(=O)N1CCN(c2cc(Cl)nc(SCC(=O)NC3CCCCNC3=O)n2)CC1C. The number of thioether (sulfide) groups is 1. The van der Waals surface area contributed by atoms with Gasteiger partial charge in [0.15, 0.2) is 5.16 Å². The summed E-state index contributed by atoms with van der Waals surface area (Å²) in [4.78, 5) is 49.2. The number of nitrogens with zero attached hydrogens (tertiary/aromatic N) is 4. The third kappa shape index (κ3) is 6.61. The van der Waals surface area contributed by atoms with E-state index in [9.17, 15) is 14.4 Å². The quantitative estimate of drug-likeness (QED) is 0.316. The zero-order chi connectivity index (χ0) is 23.1. The smallest absolute Gasteiger partial charge is 0.317 e. The van der Waals surface area contributed by atoms with Gasteiger partial charge in [-0.1, -0.05) is 23.4 Å². The molecule has 0 saturated carbocycles. The molecule has 0 radical (unpaired) electrons. The van der Waals surface area contributed by atoms with E-state index >= 15 is 0 Å². The second-order valence-corrected chi connectivity index (χ2v) is 9.18. The Balaban J connectivity index is 1.57. The molecule has 0 aromatic carbocycles. The molecule has 12 heteroatoms. The van der Waals surface area contributed by atoms with Crippen LogP contribution in [0.1, 0.15) is 33.1 Å². The Hall–Kier alpha value is -2.27. The van der Waals surface area contributed by atoms with E-state index in [1.54, 1.807) is 6.07 Å². The number of aromatic nitrogens is 2. The number of carbonyl (C=O) groups is 3. The molecule has 2 fully saturated rings. The summed E-state index contributed by atoms with van der Waals surface area (Å²) in [6.45, 7) is 6.94. The lowest BCUT2D eigenvalue weighted by molar-refractivity contribution is -0.127. The summed E-state index contributed by atoms with van der Waals surface area (Å²) in [5.41, 5.74) is 0. The number of urea groups is 1. The molecular formula is C20H30ClN7O3S. The first-order valence-corrected chi connectivity index (χ1v) is 12.3. The summed E-state index contributed by atoms with van der Waals surface area (Å²) in [5, 5.41) is 9.12. The van der Waals surface area contributed by atoms with Crippen molar-refractivity contribution in [3.8, 4) is 0 Å². The Morgan fingerprint density at radius 2 is 2.12 bits per heavy atom. The molecule has 2 aliphatic rings. The zero-order valence-electron chi connectivity index (χ0n) is 18.4. The molecule has 2 aliphatic heterocycles. The van der Waals surface area contributed by atoms with Crippen molar-refractivity contribution in [2.24, 2.45) is 0 Å². The maximum absolute atomic E-state index is 12.4. The minimum Gasteiger partial charge on any atom is -0.354 e. The van der Waals surface area contributed by atoms with Crippen LogP contribution in [0.25, 0.3) is 0 Å². The van der Waals surface area contributed by atoms with Crippen LogP contribution in [0.4, 0.5) is 10.6 Å². The van der Waals surface area contributed by atoms with E-state index in [0.29, 0.717) is 55.3 Å². The zero-order valence-corrected chi connectivity index (χ0v) is 20.0. The van der Waals surface area contributed by atoms with E-state index in [1.807, 2.05) is 18.7 Å². The van der Waals surface area contributed by atoms with Gasteiger partial charge in [0.1, 0.15) is 17.0 Å². The van der Waals surface area contributed by atoms with E-state index in [2.05, 4.69) is 30.8 Å². The molecular weight excluding hydrogens is 454 g/mol. The molecule has 3 heterocycles. The second kappa shape index (κ2) is 11.6. The Morgan fingerprint density at radius 1 is 1.31 bits per heavy atom. The minimum atomic E-state index is -0.496. The molecule has 176 valence electrons. The fourth-order valence-corrected chi connectivity index (χ4v) is 4.67. The number of hydrogen-bond acceptors (Lipinski definition) is 7. The summed E-state index contributed by atoms with van der Waals surface area (Å²) in [6.07, 6.45) is 2.45. The van der Waals surface area contributed by atoms with Gasteiger partial charge in [-0.05, 0) is 33.1 Å². The van der Waals surface area contributed by atoms with Crippen molar-refractivity contribution >= 4 is 47.0 Å². The maximum atomic E-state index is 12.4. The molecule has 10 nitrogen and oxygen atoms in total. The van der Waals surface area contributed by atoms with Gasteiger partial charge in [0.2, 0.25) is 11.8 Å². The summed E-state index contributed by atoms with van der Waals surface area (Å²) < 4.78 is 0. The lowest BCUT2D eigenvalue weighted by Gasteiger charge is -2.40. The van der Waals surface area contributed by atoms with Gasteiger partial charge in [-0.2, -0.15) is 0 Å². The van der Waals surface area contributed by atoms with Crippen LogP contribution in [0.3, 0.4) is 0 Å². The van der Waals surface area contributed by atoms with Crippen LogP contribution in [0.15, 0.2) is 11.2 Å². The summed E-state index contributed by atoms with van der Waals surface area (Å²) in [6, 6.07) is 1.14. The van der Waals surface area contributed by atoms with Crippen LogP contribution in [-0.4, -0.2) is 83.3 Å². The number of hydrogen-bond donors (Lipinski definition) is 3. The molecule has 2 unspecified atom stereocenters. The molecule has 32 heavy (non-hydrogen) atoms. The number of anilines is 1. The van der Waals surface area contributed by atoms with Crippen molar-refractivity contribution in [1.82, 2.24) is 30.8 Å². The lowest BCUT2D eigenvalue weighted by atomic mass is 10.1. The number of piperazine rings is 1. The third-order valence-electron chi connectivity index (χ3n) is 5.40. The van der Waals surface area contributed by atoms with Gasteiger partial charge < -0.3 is 25.8 Å². The second-order valence-electron chi connectivity index (χ2n) is 7.85. The van der Waals surface area contributed by atoms with Crippen molar-refractivity contribution < 1.29 is 14.4 Å². The third-order valence-corrected chi connectivity index (χ3v) is 6.44. The molecule has 3 rings (SSSR count). The Kier molecular flexibility index (Phi) is 8.80. The molecule has 2 atom stereocenters. The van der Waals surface area contributed by atoms with Crippen LogP contribution in [0.2, 0.25) is 5.15 Å². The maximum Gasteiger partial charge on any atom is 0.317 e. The lowest BCUT2D eigenvalue weighted by Crippen LogP contribution is -2.56. The average molecular weight is 484 g/mol. The van der Waals surface area contributed by atoms with Crippen molar-refractivity contribution in [3.63, 3.8) is 0 Å². The van der Waals surface area contributed by atoms with Gasteiger partial charge in [0.05, 0.1) is 5.75 Å². The van der Waals surface area contributed by atoms with Crippen LogP contribution in [-0.2, 0) is 9.59 Å². The molecule has 3 N–H and O–H groups in total. The number of halogens is 1. The topological polar surface area (TPSA) is 120 Å². The monoisotopic (exact) mass is 483 g/mol. The predicted molar refractivity (Wildman–Crippen MR) is 124 cm³/mol. The standard InChI is InChI=1S/C20H30ClN7O3S/c1-3-22-20(31)28-9-8-27(11-13(28)2)16-10-15(21)25-19(26-16)32-12-17(29)24-14-6-4-5-7-23-18(14)30/h10,13-14H,3-9,11-12H2,1-2H3,(H,22,31)(H,23,30)(H,24,29). The summed E-state index contributed by atoms with van der Waals surface area (Å²) in [7, 11) is 0.